The average Bonchev–Trinajstić information content (AvgIpc) is 3.88. The number of anilines is 1. The first-order chi connectivity index (χ1) is 23.2. The summed E-state index contributed by atoms with van der Waals surface area (Å²) in [6.07, 6.45) is 0.622. The molecule has 0 saturated carbocycles. The summed E-state index contributed by atoms with van der Waals surface area (Å²) in [6, 6.07) is 13.3. The van der Waals surface area contributed by atoms with E-state index in [4.69, 9.17) is 18.7 Å². The summed E-state index contributed by atoms with van der Waals surface area (Å²) in [5.74, 6) is 0.414. The number of aromatic nitrogens is 1. The molecule has 3 aliphatic rings. The van der Waals surface area contributed by atoms with E-state index in [9.17, 15) is 18.3 Å². The molecule has 3 aliphatic heterocycles. The summed E-state index contributed by atoms with van der Waals surface area (Å²) in [5, 5.41) is 22.5. The third-order valence-corrected chi connectivity index (χ3v) is 11.1. The second kappa shape index (κ2) is 15.5. The van der Waals surface area contributed by atoms with E-state index in [1.165, 1.54) is 23.2 Å². The molecule has 3 aromatic rings. The molecule has 4 heterocycles. The molecule has 3 N–H and O–H groups in total. The van der Waals surface area contributed by atoms with Gasteiger partial charge >= 0.3 is 6.09 Å². The maximum atomic E-state index is 14.2. The summed E-state index contributed by atoms with van der Waals surface area (Å²) in [4.78, 5) is 15.6. The van der Waals surface area contributed by atoms with E-state index in [1.807, 2.05) is 44.2 Å². The van der Waals surface area contributed by atoms with Gasteiger partial charge in [0.05, 0.1) is 41.6 Å². The van der Waals surface area contributed by atoms with Crippen LogP contribution >= 0.6 is 0 Å². The van der Waals surface area contributed by atoms with Crippen LogP contribution in [0.3, 0.4) is 0 Å². The van der Waals surface area contributed by atoms with Crippen LogP contribution in [-0.2, 0) is 30.7 Å². The summed E-state index contributed by atoms with van der Waals surface area (Å²) in [7, 11) is -4.08. The number of hydrogen-bond acceptors (Lipinski definition) is 11. The van der Waals surface area contributed by atoms with Crippen molar-refractivity contribution in [3.8, 4) is 0 Å². The fourth-order valence-corrected chi connectivity index (χ4v) is 8.38. The second-order valence-corrected chi connectivity index (χ2v) is 15.3. The Bertz CT molecular complexity index is 1610. The van der Waals surface area contributed by atoms with Crippen molar-refractivity contribution < 1.29 is 37.1 Å². The first kappa shape index (κ1) is 34.6. The monoisotopic (exact) mass is 685 g/mol. The second-order valence-electron chi connectivity index (χ2n) is 13.4. The van der Waals surface area contributed by atoms with Crippen molar-refractivity contribution in [1.82, 2.24) is 19.7 Å². The molecule has 5 atom stereocenters. The standard InChI is InChI=1S/C34H47N5O8S/c1-23(2)20-39(48(42,43)25-10-11-30-27(19-25)32(37-47-30)35-13-16-38-14-6-7-15-38)21-29(40)28(18-24-8-4-3-5-9-24)36-34(41)46-31-22-45-33-26(31)12-17-44-33/h3-5,8-11,19,23,26,28-29,31,33,40H,6-7,12-18,20-22H2,1-2H3,(H,35,37)(H,36,41). The van der Waals surface area contributed by atoms with Gasteiger partial charge in [-0.1, -0.05) is 49.3 Å². The normalized spacial score (nSPS) is 22.7. The van der Waals surface area contributed by atoms with Crippen molar-refractivity contribution in [3.63, 3.8) is 0 Å². The van der Waals surface area contributed by atoms with E-state index in [1.54, 1.807) is 12.1 Å². The number of benzene rings is 2. The van der Waals surface area contributed by atoms with Gasteiger partial charge in [-0.15, -0.1) is 0 Å². The molecule has 3 saturated heterocycles. The fraction of sp³-hybridized carbons (Fsp3) is 0.588. The molecule has 1 aromatic heterocycles. The van der Waals surface area contributed by atoms with Crippen LogP contribution < -0.4 is 10.6 Å². The molecular weight excluding hydrogens is 638 g/mol. The molecule has 5 unspecified atom stereocenters. The van der Waals surface area contributed by atoms with Gasteiger partial charge in [0.2, 0.25) is 10.0 Å². The molecule has 48 heavy (non-hydrogen) atoms. The van der Waals surface area contributed by atoms with E-state index in [2.05, 4.69) is 20.7 Å². The summed E-state index contributed by atoms with van der Waals surface area (Å²) in [5.41, 5.74) is 1.35. The number of carbonyl (C=O) groups is 1. The van der Waals surface area contributed by atoms with Gasteiger partial charge in [-0.25, -0.2) is 13.2 Å². The minimum atomic E-state index is -4.08. The van der Waals surface area contributed by atoms with E-state index in [-0.39, 0.29) is 49.1 Å². The van der Waals surface area contributed by atoms with Gasteiger partial charge in [-0.3, -0.25) is 0 Å². The van der Waals surface area contributed by atoms with Crippen molar-refractivity contribution in [1.29, 1.82) is 0 Å². The van der Waals surface area contributed by atoms with Crippen molar-refractivity contribution >= 4 is 32.9 Å². The Labute approximate surface area is 281 Å². The molecule has 262 valence electrons. The zero-order chi connectivity index (χ0) is 33.7. The molecule has 13 nitrogen and oxygen atoms in total. The summed E-state index contributed by atoms with van der Waals surface area (Å²) in [6.45, 7) is 8.22. The Morgan fingerprint density at radius 3 is 2.69 bits per heavy atom. The van der Waals surface area contributed by atoms with Crippen molar-refractivity contribution in [2.75, 3.05) is 57.8 Å². The van der Waals surface area contributed by atoms with Crippen LogP contribution in [0.4, 0.5) is 10.6 Å². The first-order valence-corrected chi connectivity index (χ1v) is 18.4. The highest BCUT2D eigenvalue weighted by Crippen LogP contribution is 2.33. The van der Waals surface area contributed by atoms with Gasteiger partial charge in [0, 0.05) is 26.2 Å². The molecule has 0 aliphatic carbocycles. The van der Waals surface area contributed by atoms with Gasteiger partial charge in [-0.05, 0) is 68.5 Å². The van der Waals surface area contributed by atoms with Gasteiger partial charge in [0.25, 0.3) is 0 Å². The van der Waals surface area contributed by atoms with Crippen LogP contribution in [0.15, 0.2) is 57.9 Å². The zero-order valence-corrected chi connectivity index (χ0v) is 28.4. The van der Waals surface area contributed by atoms with E-state index in [0.29, 0.717) is 29.9 Å². The smallest absolute Gasteiger partial charge is 0.407 e. The lowest BCUT2D eigenvalue weighted by Gasteiger charge is -2.31. The molecule has 2 aromatic carbocycles. The number of aliphatic hydroxyl groups is 1. The van der Waals surface area contributed by atoms with Crippen molar-refractivity contribution in [2.45, 2.75) is 69.0 Å². The number of fused-ring (bicyclic) bond motifs is 2. The number of alkyl carbamates (subject to hydrolysis) is 1. The Morgan fingerprint density at radius 2 is 1.92 bits per heavy atom. The van der Waals surface area contributed by atoms with Crippen LogP contribution in [-0.4, -0.2) is 111 Å². The Kier molecular flexibility index (Phi) is 11.2. The molecule has 1 amide bonds. The van der Waals surface area contributed by atoms with Crippen LogP contribution in [0.2, 0.25) is 0 Å². The summed E-state index contributed by atoms with van der Waals surface area (Å²) < 4.78 is 52.1. The highest BCUT2D eigenvalue weighted by Gasteiger charge is 2.44. The van der Waals surface area contributed by atoms with Crippen LogP contribution in [0.1, 0.15) is 38.7 Å². The number of carbonyl (C=O) groups excluding carboxylic acids is 1. The van der Waals surface area contributed by atoms with Gasteiger partial charge < -0.3 is 39.4 Å². The number of aliphatic hydroxyl groups excluding tert-OH is 1. The number of rotatable bonds is 15. The van der Waals surface area contributed by atoms with Crippen LogP contribution in [0, 0.1) is 11.8 Å². The number of ether oxygens (including phenoxy) is 3. The predicted octanol–water partition coefficient (Wildman–Crippen LogP) is 3.44. The highest BCUT2D eigenvalue weighted by molar-refractivity contribution is 7.89. The molecule has 3 fully saturated rings. The zero-order valence-electron chi connectivity index (χ0n) is 27.6. The summed E-state index contributed by atoms with van der Waals surface area (Å²) >= 11 is 0. The molecule has 14 heteroatoms. The van der Waals surface area contributed by atoms with Crippen LogP contribution in [0.5, 0.6) is 0 Å². The molecule has 0 radical (unpaired) electrons. The molecular formula is C34H47N5O8S. The number of amides is 1. The third kappa shape index (κ3) is 8.29. The molecule has 6 rings (SSSR count). The third-order valence-electron chi connectivity index (χ3n) is 9.27. The number of likely N-dealkylation sites (tertiary alicyclic amines) is 1. The van der Waals surface area contributed by atoms with E-state index >= 15 is 0 Å². The topological polar surface area (TPSA) is 156 Å². The van der Waals surface area contributed by atoms with Gasteiger partial charge in [0.1, 0.15) is 6.10 Å². The first-order valence-electron chi connectivity index (χ1n) is 17.0. The lowest BCUT2D eigenvalue weighted by atomic mass is 10.0. The highest BCUT2D eigenvalue weighted by atomic mass is 32.2. The number of nitrogens with zero attached hydrogens (tertiary/aromatic N) is 3. The number of hydrogen-bond donors (Lipinski definition) is 3. The van der Waals surface area contributed by atoms with Crippen molar-refractivity contribution in [2.24, 2.45) is 11.8 Å². The van der Waals surface area contributed by atoms with Gasteiger partial charge in [0.15, 0.2) is 17.7 Å². The maximum absolute atomic E-state index is 14.2. The Morgan fingerprint density at radius 1 is 1.12 bits per heavy atom. The lowest BCUT2D eigenvalue weighted by Crippen LogP contribution is -2.51. The predicted molar refractivity (Wildman–Crippen MR) is 179 cm³/mol. The van der Waals surface area contributed by atoms with Gasteiger partial charge in [-0.2, -0.15) is 4.31 Å². The largest absolute Gasteiger partial charge is 0.443 e. The van der Waals surface area contributed by atoms with Crippen molar-refractivity contribution in [3.05, 3.63) is 54.1 Å². The minimum Gasteiger partial charge on any atom is -0.443 e. The lowest BCUT2D eigenvalue weighted by molar-refractivity contribution is -0.0907. The Balaban J connectivity index is 1.18. The maximum Gasteiger partial charge on any atom is 0.407 e. The number of sulfonamides is 1. The quantitative estimate of drug-likeness (QED) is 0.216. The van der Waals surface area contributed by atoms with Crippen LogP contribution in [0.25, 0.3) is 11.0 Å². The Hall–Kier alpha value is -3.27. The fourth-order valence-electron chi connectivity index (χ4n) is 6.73. The minimum absolute atomic E-state index is 0.0384. The van der Waals surface area contributed by atoms with E-state index < -0.39 is 34.4 Å². The average molecular weight is 686 g/mol. The molecule has 0 bridgehead atoms. The molecule has 0 spiro atoms. The van der Waals surface area contributed by atoms with E-state index in [0.717, 1.165) is 31.6 Å². The number of nitrogens with one attached hydrogen (secondary N) is 2. The SMILES string of the molecule is CC(C)CN(CC(O)C(Cc1ccccc1)NC(=O)OC1COC2OCCC12)S(=O)(=O)c1ccc2onc(NCCN3CCCC3)c2c1.